The van der Waals surface area contributed by atoms with Gasteiger partial charge in [-0.2, -0.15) is 0 Å². The third kappa shape index (κ3) is 3.21. The van der Waals surface area contributed by atoms with Gasteiger partial charge >= 0.3 is 0 Å². The number of carbonyl (C=O) groups is 1. The van der Waals surface area contributed by atoms with Crippen LogP contribution in [0.3, 0.4) is 0 Å². The zero-order valence-corrected chi connectivity index (χ0v) is 18.3. The number of anilines is 1. The van der Waals surface area contributed by atoms with Crippen molar-refractivity contribution in [2.75, 3.05) is 4.90 Å². The van der Waals surface area contributed by atoms with E-state index in [1.54, 1.807) is 42.5 Å². The standard InChI is InChI=1S/C23H13Cl3N2O3/c1-11-3-2-4-18(27-11)28-20(12-5-7-15(25)16(26)9-12)19-21(29)14-10-13(24)6-8-17(14)31-22(19)23(28)30/h2-10,20H,1H3/t20-/m0/s1. The molecule has 31 heavy (non-hydrogen) atoms. The molecule has 1 aliphatic heterocycles. The molecule has 8 heteroatoms. The predicted octanol–water partition coefficient (Wildman–Crippen LogP) is 6.21. The molecular weight excluding hydrogens is 459 g/mol. The quantitative estimate of drug-likeness (QED) is 0.349. The molecule has 154 valence electrons. The fourth-order valence-electron chi connectivity index (χ4n) is 3.84. The van der Waals surface area contributed by atoms with Gasteiger partial charge in [0.05, 0.1) is 27.0 Å². The van der Waals surface area contributed by atoms with E-state index in [4.69, 9.17) is 39.2 Å². The Bertz CT molecular complexity index is 1450. The molecule has 2 aromatic heterocycles. The molecule has 0 saturated carbocycles. The Kier molecular flexibility index (Phi) is 4.77. The van der Waals surface area contributed by atoms with Crippen molar-refractivity contribution in [3.8, 4) is 0 Å². The van der Waals surface area contributed by atoms with E-state index >= 15 is 0 Å². The maximum absolute atomic E-state index is 13.5. The molecule has 0 unspecified atom stereocenters. The van der Waals surface area contributed by atoms with E-state index in [2.05, 4.69) is 4.98 Å². The summed E-state index contributed by atoms with van der Waals surface area (Å²) in [5.41, 5.74) is 1.50. The van der Waals surface area contributed by atoms with Crippen molar-refractivity contribution in [3.63, 3.8) is 0 Å². The van der Waals surface area contributed by atoms with E-state index in [1.807, 2.05) is 13.0 Å². The van der Waals surface area contributed by atoms with Crippen molar-refractivity contribution >= 4 is 57.5 Å². The number of carbonyl (C=O) groups excluding carboxylic acids is 1. The van der Waals surface area contributed by atoms with Crippen LogP contribution >= 0.6 is 34.8 Å². The maximum atomic E-state index is 13.5. The lowest BCUT2D eigenvalue weighted by atomic mass is 9.98. The minimum Gasteiger partial charge on any atom is -0.450 e. The molecule has 0 saturated heterocycles. The summed E-state index contributed by atoms with van der Waals surface area (Å²) in [5.74, 6) is -0.0914. The monoisotopic (exact) mass is 470 g/mol. The van der Waals surface area contributed by atoms with E-state index in [1.165, 1.54) is 11.0 Å². The minimum atomic E-state index is -0.786. The minimum absolute atomic E-state index is 0.0285. The first kappa shape index (κ1) is 20.1. The number of hydrogen-bond acceptors (Lipinski definition) is 4. The highest BCUT2D eigenvalue weighted by Gasteiger charge is 2.44. The molecule has 3 heterocycles. The Morgan fingerprint density at radius 1 is 0.968 bits per heavy atom. The van der Waals surface area contributed by atoms with Crippen molar-refractivity contribution in [2.24, 2.45) is 0 Å². The smallest absolute Gasteiger partial charge is 0.296 e. The number of aromatic nitrogens is 1. The number of aryl methyl sites for hydroxylation is 1. The van der Waals surface area contributed by atoms with Gasteiger partial charge in [-0.05, 0) is 55.0 Å². The Balaban J connectivity index is 1.84. The second-order valence-corrected chi connectivity index (χ2v) is 8.45. The number of nitrogens with zero attached hydrogens (tertiary/aromatic N) is 2. The molecule has 0 spiro atoms. The molecule has 1 aliphatic rings. The first-order valence-electron chi connectivity index (χ1n) is 9.33. The lowest BCUT2D eigenvalue weighted by Crippen LogP contribution is -2.30. The molecule has 0 bridgehead atoms. The van der Waals surface area contributed by atoms with Crippen LogP contribution in [0.1, 0.15) is 33.4 Å². The third-order valence-electron chi connectivity index (χ3n) is 5.21. The Morgan fingerprint density at radius 3 is 2.52 bits per heavy atom. The number of benzene rings is 2. The maximum Gasteiger partial charge on any atom is 0.296 e. The summed E-state index contributed by atoms with van der Waals surface area (Å²) >= 11 is 18.5. The fraction of sp³-hybridized carbons (Fsp3) is 0.0870. The molecule has 5 nitrogen and oxygen atoms in total. The summed E-state index contributed by atoms with van der Waals surface area (Å²) in [7, 11) is 0. The number of halogens is 3. The van der Waals surface area contributed by atoms with E-state index in [0.29, 0.717) is 31.8 Å². The van der Waals surface area contributed by atoms with Crippen LogP contribution in [-0.2, 0) is 0 Å². The summed E-state index contributed by atoms with van der Waals surface area (Å²) in [6.07, 6.45) is 0. The van der Waals surface area contributed by atoms with Gasteiger partial charge in [0.25, 0.3) is 5.91 Å². The van der Waals surface area contributed by atoms with Crippen LogP contribution in [0.15, 0.2) is 63.8 Å². The van der Waals surface area contributed by atoms with Crippen LogP contribution < -0.4 is 10.3 Å². The van der Waals surface area contributed by atoms with Gasteiger partial charge in [-0.1, -0.05) is 46.9 Å². The summed E-state index contributed by atoms with van der Waals surface area (Å²) in [6, 6.07) is 14.3. The van der Waals surface area contributed by atoms with Crippen LogP contribution in [0.4, 0.5) is 5.82 Å². The number of pyridine rings is 1. The molecule has 2 aromatic carbocycles. The molecule has 0 radical (unpaired) electrons. The lowest BCUT2D eigenvalue weighted by Gasteiger charge is -2.24. The average Bonchev–Trinajstić information content (AvgIpc) is 3.03. The Morgan fingerprint density at radius 2 is 1.77 bits per heavy atom. The second kappa shape index (κ2) is 7.38. The summed E-state index contributed by atoms with van der Waals surface area (Å²) < 4.78 is 5.90. The zero-order valence-electron chi connectivity index (χ0n) is 16.0. The van der Waals surface area contributed by atoms with Crippen molar-refractivity contribution < 1.29 is 9.21 Å². The van der Waals surface area contributed by atoms with Crippen LogP contribution in [0.5, 0.6) is 0 Å². The van der Waals surface area contributed by atoms with Crippen molar-refractivity contribution in [1.29, 1.82) is 0 Å². The molecule has 4 aromatic rings. The zero-order chi connectivity index (χ0) is 21.9. The van der Waals surface area contributed by atoms with E-state index in [-0.39, 0.29) is 22.3 Å². The first-order chi connectivity index (χ1) is 14.8. The molecule has 0 aliphatic carbocycles. The van der Waals surface area contributed by atoms with E-state index in [0.717, 1.165) is 5.69 Å². The molecular formula is C23H13Cl3N2O3. The largest absolute Gasteiger partial charge is 0.450 e. The van der Waals surface area contributed by atoms with Crippen molar-refractivity contribution in [2.45, 2.75) is 13.0 Å². The molecule has 1 amide bonds. The van der Waals surface area contributed by atoms with Gasteiger partial charge in [0.2, 0.25) is 5.76 Å². The topological polar surface area (TPSA) is 63.4 Å². The van der Waals surface area contributed by atoms with Crippen molar-refractivity contribution in [3.05, 3.63) is 102 Å². The summed E-state index contributed by atoms with van der Waals surface area (Å²) in [6.45, 7) is 1.82. The van der Waals surface area contributed by atoms with Crippen LogP contribution in [0.2, 0.25) is 15.1 Å². The highest BCUT2D eigenvalue weighted by atomic mass is 35.5. The van der Waals surface area contributed by atoms with Gasteiger partial charge in [0, 0.05) is 10.7 Å². The second-order valence-electron chi connectivity index (χ2n) is 7.20. The van der Waals surface area contributed by atoms with Gasteiger partial charge in [-0.15, -0.1) is 0 Å². The number of amides is 1. The Labute approximate surface area is 191 Å². The normalized spacial score (nSPS) is 15.5. The highest BCUT2D eigenvalue weighted by molar-refractivity contribution is 6.42. The van der Waals surface area contributed by atoms with Crippen LogP contribution in [0, 0.1) is 6.92 Å². The Hall–Kier alpha value is -2.86. The molecule has 0 N–H and O–H groups in total. The van der Waals surface area contributed by atoms with E-state index in [9.17, 15) is 9.59 Å². The van der Waals surface area contributed by atoms with Gasteiger partial charge in [0.15, 0.2) is 5.43 Å². The first-order valence-corrected chi connectivity index (χ1v) is 10.5. The summed E-state index contributed by atoms with van der Waals surface area (Å²) in [5, 5.41) is 1.37. The third-order valence-corrected chi connectivity index (χ3v) is 6.19. The SMILES string of the molecule is Cc1cccc(N2C(=O)c3oc4ccc(Cl)cc4c(=O)c3[C@@H]2c2ccc(Cl)c(Cl)c2)n1. The lowest BCUT2D eigenvalue weighted by molar-refractivity contribution is 0.0970. The van der Waals surface area contributed by atoms with Gasteiger partial charge < -0.3 is 4.42 Å². The van der Waals surface area contributed by atoms with Crippen LogP contribution in [-0.4, -0.2) is 10.9 Å². The fourth-order valence-corrected chi connectivity index (χ4v) is 4.32. The summed E-state index contributed by atoms with van der Waals surface area (Å²) in [4.78, 5) is 32.9. The molecule has 1 atom stereocenters. The van der Waals surface area contributed by atoms with Gasteiger partial charge in [0.1, 0.15) is 11.4 Å². The van der Waals surface area contributed by atoms with E-state index < -0.39 is 11.9 Å². The van der Waals surface area contributed by atoms with Gasteiger partial charge in [-0.25, -0.2) is 4.98 Å². The highest BCUT2D eigenvalue weighted by Crippen LogP contribution is 2.42. The molecule has 0 fully saturated rings. The number of fused-ring (bicyclic) bond motifs is 2. The number of hydrogen-bond donors (Lipinski definition) is 0. The van der Waals surface area contributed by atoms with Gasteiger partial charge in [-0.3, -0.25) is 14.5 Å². The predicted molar refractivity (Wildman–Crippen MR) is 122 cm³/mol. The number of rotatable bonds is 2. The van der Waals surface area contributed by atoms with Crippen LogP contribution in [0.25, 0.3) is 11.0 Å². The average molecular weight is 472 g/mol. The van der Waals surface area contributed by atoms with Crippen molar-refractivity contribution in [1.82, 2.24) is 4.98 Å². The molecule has 5 rings (SSSR count).